The zero-order valence-electron chi connectivity index (χ0n) is 14.3. The Balaban J connectivity index is 2.27. The van der Waals surface area contributed by atoms with Crippen LogP contribution >= 0.6 is 15.9 Å². The summed E-state index contributed by atoms with van der Waals surface area (Å²) in [5.41, 5.74) is 1.06. The summed E-state index contributed by atoms with van der Waals surface area (Å²) in [5.74, 6) is -0.819. The summed E-state index contributed by atoms with van der Waals surface area (Å²) in [6, 6.07) is 4.82. The van der Waals surface area contributed by atoms with E-state index in [2.05, 4.69) is 28.2 Å². The van der Waals surface area contributed by atoms with Crippen molar-refractivity contribution in [2.24, 2.45) is 0 Å². The first kappa shape index (κ1) is 18.6. The highest BCUT2D eigenvalue weighted by molar-refractivity contribution is 9.10. The summed E-state index contributed by atoms with van der Waals surface area (Å²) in [6.07, 6.45) is 3.36. The SMILES string of the molecule is CCCCC(Br)C(=O)Nc1cccc2c1C(=O)N(C(C)CC)C2=O. The van der Waals surface area contributed by atoms with E-state index < -0.39 is 0 Å². The molecule has 1 aromatic carbocycles. The van der Waals surface area contributed by atoms with Gasteiger partial charge >= 0.3 is 0 Å². The smallest absolute Gasteiger partial charge is 0.263 e. The van der Waals surface area contributed by atoms with Gasteiger partial charge in [0.05, 0.1) is 21.6 Å². The Labute approximate surface area is 150 Å². The second-order valence-corrected chi connectivity index (χ2v) is 7.17. The molecule has 0 bridgehead atoms. The number of amides is 3. The van der Waals surface area contributed by atoms with E-state index in [1.807, 2.05) is 13.8 Å². The van der Waals surface area contributed by atoms with Gasteiger partial charge in [0, 0.05) is 6.04 Å². The van der Waals surface area contributed by atoms with Crippen LogP contribution in [0.1, 0.15) is 67.2 Å². The van der Waals surface area contributed by atoms with Crippen molar-refractivity contribution < 1.29 is 14.4 Å². The van der Waals surface area contributed by atoms with Crippen molar-refractivity contribution in [1.29, 1.82) is 0 Å². The number of alkyl halides is 1. The molecule has 0 fully saturated rings. The highest BCUT2D eigenvalue weighted by Crippen LogP contribution is 2.31. The first-order chi connectivity index (χ1) is 11.4. The Morgan fingerprint density at radius 3 is 2.58 bits per heavy atom. The number of hydrogen-bond donors (Lipinski definition) is 1. The molecule has 0 radical (unpaired) electrons. The largest absolute Gasteiger partial charge is 0.324 e. The lowest BCUT2D eigenvalue weighted by molar-refractivity contribution is -0.115. The number of anilines is 1. The van der Waals surface area contributed by atoms with Gasteiger partial charge in [-0.1, -0.05) is 48.7 Å². The standard InChI is InChI=1S/C18H23BrN2O3/c1-4-6-9-13(19)16(22)20-14-10-7-8-12-15(14)18(24)21(17(12)23)11(3)5-2/h7-8,10-11,13H,4-6,9H2,1-3H3,(H,20,22). The Morgan fingerprint density at radius 1 is 1.25 bits per heavy atom. The van der Waals surface area contributed by atoms with Gasteiger partial charge in [-0.25, -0.2) is 0 Å². The Bertz CT molecular complexity index is 660. The van der Waals surface area contributed by atoms with E-state index >= 15 is 0 Å². The number of carbonyl (C=O) groups is 3. The number of rotatable bonds is 7. The molecule has 0 aliphatic carbocycles. The lowest BCUT2D eigenvalue weighted by atomic mass is 10.1. The molecule has 0 saturated heterocycles. The van der Waals surface area contributed by atoms with Crippen molar-refractivity contribution in [1.82, 2.24) is 4.90 Å². The number of halogens is 1. The fourth-order valence-corrected chi connectivity index (χ4v) is 3.15. The molecule has 1 aromatic rings. The Morgan fingerprint density at radius 2 is 1.96 bits per heavy atom. The molecule has 0 spiro atoms. The fraction of sp³-hybridized carbons (Fsp3) is 0.500. The summed E-state index contributed by atoms with van der Waals surface area (Å²) in [7, 11) is 0. The molecule has 2 rings (SSSR count). The average Bonchev–Trinajstić information content (AvgIpc) is 2.84. The monoisotopic (exact) mass is 394 g/mol. The lowest BCUT2D eigenvalue weighted by Crippen LogP contribution is -2.37. The molecule has 2 atom stereocenters. The maximum Gasteiger partial charge on any atom is 0.263 e. The molecular weight excluding hydrogens is 372 g/mol. The summed E-state index contributed by atoms with van der Waals surface area (Å²) in [5, 5.41) is 2.79. The number of hydrogen-bond acceptors (Lipinski definition) is 3. The maximum atomic E-state index is 12.7. The van der Waals surface area contributed by atoms with Crippen LogP contribution in [0.2, 0.25) is 0 Å². The second-order valence-electron chi connectivity index (χ2n) is 6.06. The molecule has 5 nitrogen and oxygen atoms in total. The van der Waals surface area contributed by atoms with Gasteiger partial charge in [-0.2, -0.15) is 0 Å². The minimum Gasteiger partial charge on any atom is -0.324 e. The average molecular weight is 395 g/mol. The molecule has 1 aliphatic heterocycles. The normalized spacial score (nSPS) is 16.1. The molecule has 3 amide bonds. The van der Waals surface area contributed by atoms with Crippen LogP contribution in [0, 0.1) is 0 Å². The van der Waals surface area contributed by atoms with Gasteiger partial charge in [0.15, 0.2) is 0 Å². The van der Waals surface area contributed by atoms with Crippen LogP contribution in [0.4, 0.5) is 5.69 Å². The number of fused-ring (bicyclic) bond motifs is 1. The van der Waals surface area contributed by atoms with E-state index in [0.29, 0.717) is 23.2 Å². The van der Waals surface area contributed by atoms with Gasteiger partial charge < -0.3 is 5.32 Å². The van der Waals surface area contributed by atoms with E-state index in [1.54, 1.807) is 18.2 Å². The van der Waals surface area contributed by atoms with Crippen LogP contribution < -0.4 is 5.32 Å². The van der Waals surface area contributed by atoms with Gasteiger partial charge in [0.1, 0.15) is 0 Å². The molecular formula is C18H23BrN2O3. The summed E-state index contributed by atoms with van der Waals surface area (Å²) in [4.78, 5) is 38.5. The maximum absolute atomic E-state index is 12.7. The molecule has 130 valence electrons. The topological polar surface area (TPSA) is 66.5 Å². The minimum atomic E-state index is -0.333. The zero-order valence-corrected chi connectivity index (χ0v) is 15.9. The van der Waals surface area contributed by atoms with Crippen molar-refractivity contribution in [3.05, 3.63) is 29.3 Å². The third-order valence-corrected chi connectivity index (χ3v) is 5.21. The predicted molar refractivity (Wildman–Crippen MR) is 97.6 cm³/mol. The van der Waals surface area contributed by atoms with Crippen molar-refractivity contribution in [3.8, 4) is 0 Å². The first-order valence-corrected chi connectivity index (χ1v) is 9.29. The van der Waals surface area contributed by atoms with Crippen molar-refractivity contribution >= 4 is 39.3 Å². The fourth-order valence-electron chi connectivity index (χ4n) is 2.72. The summed E-state index contributed by atoms with van der Waals surface area (Å²) >= 11 is 3.38. The predicted octanol–water partition coefficient (Wildman–Crippen LogP) is 3.97. The van der Waals surface area contributed by atoms with Gasteiger partial charge in [-0.15, -0.1) is 0 Å². The third-order valence-electron chi connectivity index (χ3n) is 4.33. The molecule has 2 unspecified atom stereocenters. The number of benzene rings is 1. The Hall–Kier alpha value is -1.69. The minimum absolute atomic E-state index is 0.172. The van der Waals surface area contributed by atoms with Crippen LogP contribution in [-0.2, 0) is 4.79 Å². The highest BCUT2D eigenvalue weighted by Gasteiger charge is 2.39. The number of carbonyl (C=O) groups excluding carboxylic acids is 3. The second kappa shape index (κ2) is 7.92. The van der Waals surface area contributed by atoms with Crippen LogP contribution in [0.25, 0.3) is 0 Å². The van der Waals surface area contributed by atoms with Crippen LogP contribution in [-0.4, -0.2) is 33.5 Å². The zero-order chi connectivity index (χ0) is 17.9. The van der Waals surface area contributed by atoms with E-state index in [9.17, 15) is 14.4 Å². The molecule has 0 aromatic heterocycles. The van der Waals surface area contributed by atoms with Gasteiger partial charge in [0.2, 0.25) is 5.91 Å². The van der Waals surface area contributed by atoms with Crippen molar-refractivity contribution in [2.75, 3.05) is 5.32 Å². The van der Waals surface area contributed by atoms with E-state index in [-0.39, 0.29) is 28.6 Å². The van der Waals surface area contributed by atoms with Crippen LogP contribution in [0.15, 0.2) is 18.2 Å². The molecule has 0 saturated carbocycles. The van der Waals surface area contributed by atoms with Crippen molar-refractivity contribution in [3.63, 3.8) is 0 Å². The molecule has 1 heterocycles. The van der Waals surface area contributed by atoms with Gasteiger partial charge in [0.25, 0.3) is 11.8 Å². The van der Waals surface area contributed by atoms with Gasteiger partial charge in [-0.05, 0) is 31.9 Å². The van der Waals surface area contributed by atoms with E-state index in [4.69, 9.17) is 0 Å². The van der Waals surface area contributed by atoms with E-state index in [1.165, 1.54) is 4.90 Å². The molecule has 24 heavy (non-hydrogen) atoms. The molecule has 1 aliphatic rings. The van der Waals surface area contributed by atoms with Crippen LogP contribution in [0.5, 0.6) is 0 Å². The first-order valence-electron chi connectivity index (χ1n) is 8.38. The van der Waals surface area contributed by atoms with Crippen molar-refractivity contribution in [2.45, 2.75) is 57.3 Å². The number of unbranched alkanes of at least 4 members (excludes halogenated alkanes) is 1. The Kier molecular flexibility index (Phi) is 6.15. The van der Waals surface area contributed by atoms with Gasteiger partial charge in [-0.3, -0.25) is 19.3 Å². The summed E-state index contributed by atoms with van der Waals surface area (Å²) in [6.45, 7) is 5.84. The van der Waals surface area contributed by atoms with E-state index in [0.717, 1.165) is 19.3 Å². The molecule has 6 heteroatoms. The highest BCUT2D eigenvalue weighted by atomic mass is 79.9. The number of nitrogens with one attached hydrogen (secondary N) is 1. The summed E-state index contributed by atoms with van der Waals surface area (Å²) < 4.78 is 0. The quantitative estimate of drug-likeness (QED) is 0.561. The van der Waals surface area contributed by atoms with Crippen LogP contribution in [0.3, 0.4) is 0 Å². The third kappa shape index (κ3) is 3.53. The molecule has 1 N–H and O–H groups in total. The lowest BCUT2D eigenvalue weighted by Gasteiger charge is -2.20. The number of nitrogens with zero attached hydrogens (tertiary/aromatic N) is 1. The number of imide groups is 1.